The Kier molecular flexibility index (Phi) is 4.42. The zero-order chi connectivity index (χ0) is 15.4. The first-order valence-electron chi connectivity index (χ1n) is 5.90. The quantitative estimate of drug-likeness (QED) is 0.672. The van der Waals surface area contributed by atoms with Gasteiger partial charge in [-0.15, -0.1) is 0 Å². The van der Waals surface area contributed by atoms with E-state index in [1.807, 2.05) is 0 Å². The van der Waals surface area contributed by atoms with Crippen molar-refractivity contribution in [3.05, 3.63) is 59.7 Å². The number of anilines is 2. The molecule has 0 atom stereocenters. The van der Waals surface area contributed by atoms with Crippen LogP contribution in [0.15, 0.2) is 36.4 Å². The minimum absolute atomic E-state index is 0.0461. The molecule has 1 amide bonds. The molecule has 0 aliphatic rings. The third-order valence-corrected chi connectivity index (χ3v) is 2.58. The van der Waals surface area contributed by atoms with E-state index in [1.165, 1.54) is 18.2 Å². The van der Waals surface area contributed by atoms with Crippen LogP contribution in [0.1, 0.15) is 0 Å². The van der Waals surface area contributed by atoms with E-state index in [4.69, 9.17) is 0 Å². The number of hydrogen-bond acceptors (Lipinski definition) is 2. The van der Waals surface area contributed by atoms with E-state index in [1.54, 1.807) is 0 Å². The summed E-state index contributed by atoms with van der Waals surface area (Å²) in [6.45, 7) is -0.478. The molecule has 0 saturated heterocycles. The number of hydrogen-bond donors (Lipinski definition) is 2. The molecule has 0 aliphatic carbocycles. The average molecular weight is 298 g/mol. The van der Waals surface area contributed by atoms with E-state index in [0.29, 0.717) is 6.07 Å². The van der Waals surface area contributed by atoms with Gasteiger partial charge in [-0.2, -0.15) is 0 Å². The Balaban J connectivity index is 2.00. The molecule has 21 heavy (non-hydrogen) atoms. The largest absolute Gasteiger partial charge is 0.374 e. The Labute approximate surface area is 117 Å². The number of carbonyl (C=O) groups is 1. The molecule has 0 heterocycles. The van der Waals surface area contributed by atoms with E-state index in [0.717, 1.165) is 12.1 Å². The number of amides is 1. The van der Waals surface area contributed by atoms with Gasteiger partial charge in [0.2, 0.25) is 5.91 Å². The summed E-state index contributed by atoms with van der Waals surface area (Å²) in [4.78, 5) is 11.6. The van der Waals surface area contributed by atoms with Crippen LogP contribution in [0.5, 0.6) is 0 Å². The molecule has 2 aromatic carbocycles. The maximum atomic E-state index is 13.3. The van der Waals surface area contributed by atoms with Gasteiger partial charge in [-0.3, -0.25) is 4.79 Å². The molecule has 0 radical (unpaired) electrons. The Bertz CT molecular complexity index is 676. The van der Waals surface area contributed by atoms with Crippen molar-refractivity contribution >= 4 is 17.3 Å². The molecule has 0 aromatic heterocycles. The molecule has 2 N–H and O–H groups in total. The van der Waals surface area contributed by atoms with Gasteiger partial charge in [0, 0.05) is 12.1 Å². The van der Waals surface area contributed by atoms with Crippen molar-refractivity contribution in [1.82, 2.24) is 0 Å². The summed E-state index contributed by atoms with van der Waals surface area (Å²) in [5.74, 6) is -4.97. The fourth-order valence-electron chi connectivity index (χ4n) is 1.62. The zero-order valence-electron chi connectivity index (χ0n) is 10.6. The van der Waals surface area contributed by atoms with Crippen molar-refractivity contribution in [2.75, 3.05) is 17.2 Å². The second kappa shape index (κ2) is 6.25. The van der Waals surface area contributed by atoms with Gasteiger partial charge in [-0.05, 0) is 12.1 Å². The van der Waals surface area contributed by atoms with Crippen LogP contribution in [0.2, 0.25) is 0 Å². The molecule has 110 valence electrons. The van der Waals surface area contributed by atoms with Gasteiger partial charge in [0.15, 0.2) is 11.6 Å². The summed E-state index contributed by atoms with van der Waals surface area (Å²) in [6.07, 6.45) is 0. The number of benzene rings is 2. The molecular formula is C14H10F4N2O. The average Bonchev–Trinajstić information content (AvgIpc) is 2.44. The standard InChI is InChI=1S/C14H10F4N2O/c15-8-5-10(17)14(18)12(6-8)19-7-13(21)20-11-4-2-1-3-9(11)16/h1-6,19H,7H2,(H,20,21). The molecule has 0 saturated carbocycles. The molecule has 0 spiro atoms. The molecule has 0 unspecified atom stereocenters. The highest BCUT2D eigenvalue weighted by molar-refractivity contribution is 5.93. The van der Waals surface area contributed by atoms with Crippen molar-refractivity contribution in [3.8, 4) is 0 Å². The van der Waals surface area contributed by atoms with Gasteiger partial charge >= 0.3 is 0 Å². The molecule has 7 heteroatoms. The molecule has 2 aromatic rings. The third-order valence-electron chi connectivity index (χ3n) is 2.58. The van der Waals surface area contributed by atoms with Gasteiger partial charge in [0.1, 0.15) is 11.6 Å². The van der Waals surface area contributed by atoms with Crippen LogP contribution in [0.4, 0.5) is 28.9 Å². The first kappa shape index (κ1) is 14.8. The predicted octanol–water partition coefficient (Wildman–Crippen LogP) is 3.29. The van der Waals surface area contributed by atoms with Crippen molar-refractivity contribution < 1.29 is 22.4 Å². The van der Waals surface area contributed by atoms with Crippen LogP contribution in [0, 0.1) is 23.3 Å². The number of nitrogens with one attached hydrogen (secondary N) is 2. The van der Waals surface area contributed by atoms with Gasteiger partial charge < -0.3 is 10.6 Å². The van der Waals surface area contributed by atoms with Crippen LogP contribution in [-0.2, 0) is 4.79 Å². The predicted molar refractivity (Wildman–Crippen MR) is 69.8 cm³/mol. The second-order valence-electron chi connectivity index (χ2n) is 4.13. The smallest absolute Gasteiger partial charge is 0.243 e. The molecule has 2 rings (SSSR count). The van der Waals surface area contributed by atoms with E-state index in [9.17, 15) is 22.4 Å². The fourth-order valence-corrected chi connectivity index (χ4v) is 1.62. The number of rotatable bonds is 4. The van der Waals surface area contributed by atoms with Gasteiger partial charge in [-0.1, -0.05) is 12.1 Å². The molecule has 0 aliphatic heterocycles. The lowest BCUT2D eigenvalue weighted by atomic mass is 10.2. The van der Waals surface area contributed by atoms with E-state index in [-0.39, 0.29) is 5.69 Å². The van der Waals surface area contributed by atoms with Crippen LogP contribution in [0.3, 0.4) is 0 Å². The first-order valence-corrected chi connectivity index (χ1v) is 5.90. The summed E-state index contributed by atoms with van der Waals surface area (Å²) < 4.78 is 52.5. The summed E-state index contributed by atoms with van der Waals surface area (Å²) in [5, 5.41) is 4.49. The maximum Gasteiger partial charge on any atom is 0.243 e. The van der Waals surface area contributed by atoms with Crippen molar-refractivity contribution in [2.45, 2.75) is 0 Å². The molecule has 3 nitrogen and oxygen atoms in total. The van der Waals surface area contributed by atoms with Crippen LogP contribution in [-0.4, -0.2) is 12.5 Å². The third kappa shape index (κ3) is 3.71. The number of carbonyl (C=O) groups excluding carboxylic acids is 1. The summed E-state index contributed by atoms with van der Waals surface area (Å²) in [6, 6.07) is 6.58. The minimum atomic E-state index is -1.37. The van der Waals surface area contributed by atoms with Crippen molar-refractivity contribution in [3.63, 3.8) is 0 Å². The summed E-state index contributed by atoms with van der Waals surface area (Å²) >= 11 is 0. The van der Waals surface area contributed by atoms with Gasteiger partial charge in [-0.25, -0.2) is 17.6 Å². The lowest BCUT2D eigenvalue weighted by molar-refractivity contribution is -0.114. The topological polar surface area (TPSA) is 41.1 Å². The Morgan fingerprint density at radius 1 is 0.952 bits per heavy atom. The monoisotopic (exact) mass is 298 g/mol. The lowest BCUT2D eigenvalue weighted by Gasteiger charge is -2.09. The normalized spacial score (nSPS) is 10.3. The van der Waals surface area contributed by atoms with Gasteiger partial charge in [0.05, 0.1) is 17.9 Å². The second-order valence-corrected chi connectivity index (χ2v) is 4.13. The Morgan fingerprint density at radius 2 is 1.67 bits per heavy atom. The Morgan fingerprint density at radius 3 is 2.38 bits per heavy atom. The minimum Gasteiger partial charge on any atom is -0.374 e. The summed E-state index contributed by atoms with van der Waals surface area (Å²) in [5.41, 5.74) is -0.536. The van der Waals surface area contributed by atoms with Gasteiger partial charge in [0.25, 0.3) is 0 Å². The fraction of sp³-hybridized carbons (Fsp3) is 0.0714. The lowest BCUT2D eigenvalue weighted by Crippen LogP contribution is -2.22. The Hall–Kier alpha value is -2.57. The SMILES string of the molecule is O=C(CNc1cc(F)cc(F)c1F)Nc1ccccc1F. The molecule has 0 fully saturated rings. The number of para-hydroxylation sites is 1. The van der Waals surface area contributed by atoms with Crippen LogP contribution < -0.4 is 10.6 Å². The number of halogens is 4. The van der Waals surface area contributed by atoms with Crippen LogP contribution >= 0.6 is 0 Å². The summed E-state index contributed by atoms with van der Waals surface area (Å²) in [7, 11) is 0. The van der Waals surface area contributed by atoms with E-state index in [2.05, 4.69) is 10.6 Å². The first-order chi connectivity index (χ1) is 9.97. The van der Waals surface area contributed by atoms with E-state index >= 15 is 0 Å². The molecular weight excluding hydrogens is 288 g/mol. The van der Waals surface area contributed by atoms with E-state index < -0.39 is 41.4 Å². The zero-order valence-corrected chi connectivity index (χ0v) is 10.6. The maximum absolute atomic E-state index is 13.3. The molecule has 0 bridgehead atoms. The highest BCUT2D eigenvalue weighted by Gasteiger charge is 2.12. The van der Waals surface area contributed by atoms with Crippen molar-refractivity contribution in [1.29, 1.82) is 0 Å². The highest BCUT2D eigenvalue weighted by atomic mass is 19.2. The highest BCUT2D eigenvalue weighted by Crippen LogP contribution is 2.19. The van der Waals surface area contributed by atoms with Crippen LogP contribution in [0.25, 0.3) is 0 Å². The van der Waals surface area contributed by atoms with Crippen molar-refractivity contribution in [2.24, 2.45) is 0 Å².